The van der Waals surface area contributed by atoms with Gasteiger partial charge in [-0.2, -0.15) is 0 Å². The topological polar surface area (TPSA) is 29.3 Å². The summed E-state index contributed by atoms with van der Waals surface area (Å²) < 4.78 is 0. The van der Waals surface area contributed by atoms with Gasteiger partial charge in [0.2, 0.25) is 0 Å². The summed E-state index contributed by atoms with van der Waals surface area (Å²) in [4.78, 5) is 2.32. The fraction of sp³-hybridized carbons (Fsp3) is 0.625. The fourth-order valence-corrected chi connectivity index (χ4v) is 2.18. The SMILES string of the molecule is CCC(N)Cc1ccc(Cl)cc1N(C)C(C)(C)CC. The molecule has 1 aromatic carbocycles. The van der Waals surface area contributed by atoms with Crippen LogP contribution in [0.5, 0.6) is 0 Å². The lowest BCUT2D eigenvalue weighted by molar-refractivity contribution is 0.469. The summed E-state index contributed by atoms with van der Waals surface area (Å²) in [5.74, 6) is 0. The zero-order valence-electron chi connectivity index (χ0n) is 12.8. The second kappa shape index (κ2) is 6.62. The second-order valence-electron chi connectivity index (χ2n) is 5.87. The Bertz CT molecular complexity index is 415. The van der Waals surface area contributed by atoms with Crippen molar-refractivity contribution < 1.29 is 0 Å². The van der Waals surface area contributed by atoms with Crippen molar-refractivity contribution in [1.29, 1.82) is 0 Å². The van der Waals surface area contributed by atoms with E-state index >= 15 is 0 Å². The molecular weight excluding hydrogens is 256 g/mol. The third kappa shape index (κ3) is 4.12. The summed E-state index contributed by atoms with van der Waals surface area (Å²) in [6.07, 6.45) is 2.96. The molecule has 2 nitrogen and oxygen atoms in total. The van der Waals surface area contributed by atoms with E-state index < -0.39 is 0 Å². The minimum absolute atomic E-state index is 0.107. The molecule has 0 aliphatic carbocycles. The Morgan fingerprint density at radius 2 is 1.95 bits per heavy atom. The Hall–Kier alpha value is -0.730. The van der Waals surface area contributed by atoms with E-state index in [9.17, 15) is 0 Å². The van der Waals surface area contributed by atoms with Crippen LogP contribution in [0.15, 0.2) is 18.2 Å². The standard InChI is InChI=1S/C16H27ClN2/c1-6-14(18)10-12-8-9-13(17)11-15(12)19(5)16(3,4)7-2/h8-9,11,14H,6-7,10,18H2,1-5H3. The predicted octanol–water partition coefficient (Wildman–Crippen LogP) is 4.24. The summed E-state index contributed by atoms with van der Waals surface area (Å²) >= 11 is 6.17. The van der Waals surface area contributed by atoms with Gasteiger partial charge >= 0.3 is 0 Å². The first kappa shape index (κ1) is 16.3. The normalized spacial score (nSPS) is 13.4. The van der Waals surface area contributed by atoms with Gasteiger partial charge in [-0.1, -0.05) is 31.5 Å². The van der Waals surface area contributed by atoms with Gasteiger partial charge in [0.25, 0.3) is 0 Å². The molecule has 1 rings (SSSR count). The molecule has 0 aliphatic heterocycles. The molecule has 0 amide bonds. The van der Waals surface area contributed by atoms with Gasteiger partial charge < -0.3 is 10.6 Å². The number of hydrogen-bond donors (Lipinski definition) is 1. The summed E-state index contributed by atoms with van der Waals surface area (Å²) in [6, 6.07) is 6.32. The minimum Gasteiger partial charge on any atom is -0.369 e. The molecule has 1 unspecified atom stereocenters. The van der Waals surface area contributed by atoms with Crippen LogP contribution in [-0.4, -0.2) is 18.6 Å². The van der Waals surface area contributed by atoms with Crippen LogP contribution in [0.25, 0.3) is 0 Å². The van der Waals surface area contributed by atoms with Crippen molar-refractivity contribution in [3.05, 3.63) is 28.8 Å². The van der Waals surface area contributed by atoms with E-state index in [1.54, 1.807) is 0 Å². The Balaban J connectivity index is 3.13. The third-order valence-electron chi connectivity index (χ3n) is 4.19. The van der Waals surface area contributed by atoms with Crippen LogP contribution in [0, 0.1) is 0 Å². The molecule has 19 heavy (non-hydrogen) atoms. The maximum atomic E-state index is 6.17. The van der Waals surface area contributed by atoms with Gasteiger partial charge in [-0.25, -0.2) is 0 Å². The Kier molecular flexibility index (Phi) is 5.69. The number of rotatable bonds is 6. The molecule has 1 aromatic rings. The maximum Gasteiger partial charge on any atom is 0.0426 e. The minimum atomic E-state index is 0.107. The van der Waals surface area contributed by atoms with E-state index in [0.29, 0.717) is 0 Å². The van der Waals surface area contributed by atoms with Gasteiger partial charge in [0.05, 0.1) is 0 Å². The summed E-state index contributed by atoms with van der Waals surface area (Å²) in [7, 11) is 2.14. The Morgan fingerprint density at radius 1 is 1.32 bits per heavy atom. The molecule has 3 heteroatoms. The van der Waals surface area contributed by atoms with Crippen LogP contribution in [0.3, 0.4) is 0 Å². The number of hydrogen-bond acceptors (Lipinski definition) is 2. The molecule has 0 radical (unpaired) electrons. The molecule has 0 aromatic heterocycles. The number of halogens is 1. The number of nitrogens with zero attached hydrogens (tertiary/aromatic N) is 1. The lowest BCUT2D eigenvalue weighted by Gasteiger charge is -2.38. The average Bonchev–Trinajstić information content (AvgIpc) is 2.39. The van der Waals surface area contributed by atoms with Crippen molar-refractivity contribution in [2.75, 3.05) is 11.9 Å². The van der Waals surface area contributed by atoms with E-state index in [1.807, 2.05) is 6.07 Å². The van der Waals surface area contributed by atoms with Crippen molar-refractivity contribution in [3.63, 3.8) is 0 Å². The summed E-state index contributed by atoms with van der Waals surface area (Å²) in [5.41, 5.74) is 8.69. The zero-order chi connectivity index (χ0) is 14.6. The van der Waals surface area contributed by atoms with Gasteiger partial charge in [-0.3, -0.25) is 0 Å². The fourth-order valence-electron chi connectivity index (χ4n) is 2.01. The number of benzene rings is 1. The van der Waals surface area contributed by atoms with Crippen LogP contribution in [0.4, 0.5) is 5.69 Å². The van der Waals surface area contributed by atoms with E-state index in [2.05, 4.69) is 51.8 Å². The molecule has 0 aliphatic rings. The van der Waals surface area contributed by atoms with Crippen LogP contribution in [0.1, 0.15) is 46.1 Å². The quantitative estimate of drug-likeness (QED) is 0.845. The lowest BCUT2D eigenvalue weighted by Crippen LogP contribution is -2.41. The Labute approximate surface area is 122 Å². The van der Waals surface area contributed by atoms with E-state index in [-0.39, 0.29) is 11.6 Å². The number of nitrogens with two attached hydrogens (primary N) is 1. The molecule has 0 fully saturated rings. The smallest absolute Gasteiger partial charge is 0.0426 e. The number of anilines is 1. The first-order valence-corrected chi connectivity index (χ1v) is 7.47. The first-order valence-electron chi connectivity index (χ1n) is 7.09. The molecule has 108 valence electrons. The van der Waals surface area contributed by atoms with Crippen molar-refractivity contribution >= 4 is 17.3 Å². The van der Waals surface area contributed by atoms with Crippen molar-refractivity contribution in [3.8, 4) is 0 Å². The maximum absolute atomic E-state index is 6.17. The van der Waals surface area contributed by atoms with Crippen LogP contribution < -0.4 is 10.6 Å². The van der Waals surface area contributed by atoms with Gasteiger partial charge in [-0.15, -0.1) is 0 Å². The highest BCUT2D eigenvalue weighted by Gasteiger charge is 2.23. The van der Waals surface area contributed by atoms with E-state index in [1.165, 1.54) is 11.3 Å². The van der Waals surface area contributed by atoms with Gasteiger partial charge in [0.1, 0.15) is 0 Å². The molecule has 0 saturated carbocycles. The van der Waals surface area contributed by atoms with Crippen LogP contribution in [0.2, 0.25) is 5.02 Å². The van der Waals surface area contributed by atoms with Gasteiger partial charge in [0.15, 0.2) is 0 Å². The van der Waals surface area contributed by atoms with E-state index in [4.69, 9.17) is 17.3 Å². The molecule has 0 spiro atoms. The van der Waals surface area contributed by atoms with E-state index in [0.717, 1.165) is 24.3 Å². The second-order valence-corrected chi connectivity index (χ2v) is 6.31. The van der Waals surface area contributed by atoms with Crippen molar-refractivity contribution in [2.45, 2.75) is 58.5 Å². The van der Waals surface area contributed by atoms with Crippen LogP contribution in [-0.2, 0) is 6.42 Å². The highest BCUT2D eigenvalue weighted by atomic mass is 35.5. The first-order chi connectivity index (χ1) is 8.81. The molecule has 1 atom stereocenters. The average molecular weight is 283 g/mol. The molecule has 2 N–H and O–H groups in total. The molecule has 0 heterocycles. The molecular formula is C16H27ClN2. The van der Waals surface area contributed by atoms with Gasteiger partial charge in [0, 0.05) is 29.3 Å². The third-order valence-corrected chi connectivity index (χ3v) is 4.42. The highest BCUT2D eigenvalue weighted by molar-refractivity contribution is 6.30. The van der Waals surface area contributed by atoms with Crippen LogP contribution >= 0.6 is 11.6 Å². The van der Waals surface area contributed by atoms with Crippen molar-refractivity contribution in [1.82, 2.24) is 0 Å². The van der Waals surface area contributed by atoms with Crippen molar-refractivity contribution in [2.24, 2.45) is 5.73 Å². The highest BCUT2D eigenvalue weighted by Crippen LogP contribution is 2.31. The molecule has 0 bridgehead atoms. The lowest BCUT2D eigenvalue weighted by atomic mass is 9.96. The summed E-state index contributed by atoms with van der Waals surface area (Å²) in [5, 5.41) is 0.780. The predicted molar refractivity (Wildman–Crippen MR) is 86.2 cm³/mol. The Morgan fingerprint density at radius 3 is 2.47 bits per heavy atom. The summed E-state index contributed by atoms with van der Waals surface area (Å²) in [6.45, 7) is 8.83. The van der Waals surface area contributed by atoms with Gasteiger partial charge in [-0.05, 0) is 50.8 Å². The monoisotopic (exact) mass is 282 g/mol. The molecule has 0 saturated heterocycles. The largest absolute Gasteiger partial charge is 0.369 e. The zero-order valence-corrected chi connectivity index (χ0v) is 13.6.